The average molecular weight is 373 g/mol. The average Bonchev–Trinajstić information content (AvgIpc) is 3.41. The van der Waals surface area contributed by atoms with Crippen LogP contribution in [0.1, 0.15) is 25.7 Å². The summed E-state index contributed by atoms with van der Waals surface area (Å²) in [6, 6.07) is 1.94. The SMILES string of the molecule is O=C(C1CC(=O)N(c2nccs2)C1)N1CCC(CCn2cccn2)CC1. The minimum Gasteiger partial charge on any atom is -0.342 e. The maximum atomic E-state index is 12.8. The number of likely N-dealkylation sites (tertiary alicyclic amines) is 1. The maximum absolute atomic E-state index is 12.8. The first-order valence-corrected chi connectivity index (χ1v) is 10.0. The predicted octanol–water partition coefficient (Wildman–Crippen LogP) is 2.02. The Morgan fingerprint density at radius 1 is 1.27 bits per heavy atom. The highest BCUT2D eigenvalue weighted by molar-refractivity contribution is 7.13. The van der Waals surface area contributed by atoms with Crippen LogP contribution >= 0.6 is 11.3 Å². The predicted molar refractivity (Wildman–Crippen MR) is 98.7 cm³/mol. The van der Waals surface area contributed by atoms with Crippen molar-refractivity contribution >= 4 is 28.3 Å². The van der Waals surface area contributed by atoms with Gasteiger partial charge in [0, 0.05) is 56.6 Å². The Kier molecular flexibility index (Phi) is 5.01. The van der Waals surface area contributed by atoms with Crippen LogP contribution in [0.25, 0.3) is 0 Å². The molecule has 1 atom stereocenters. The van der Waals surface area contributed by atoms with E-state index in [-0.39, 0.29) is 17.7 Å². The third-order valence-electron chi connectivity index (χ3n) is 5.38. The van der Waals surface area contributed by atoms with Crippen molar-refractivity contribution in [2.45, 2.75) is 32.2 Å². The number of hydrogen-bond donors (Lipinski definition) is 0. The zero-order chi connectivity index (χ0) is 17.9. The normalized spacial score (nSPS) is 21.5. The number of carbonyl (C=O) groups excluding carboxylic acids is 2. The van der Waals surface area contributed by atoms with E-state index in [2.05, 4.69) is 10.1 Å². The molecule has 2 aliphatic heterocycles. The Hall–Kier alpha value is -2.22. The van der Waals surface area contributed by atoms with E-state index in [9.17, 15) is 9.59 Å². The van der Waals surface area contributed by atoms with Gasteiger partial charge in [-0.3, -0.25) is 19.2 Å². The van der Waals surface area contributed by atoms with E-state index in [0.717, 1.165) is 38.9 Å². The fraction of sp³-hybridized carbons (Fsp3) is 0.556. The van der Waals surface area contributed by atoms with Crippen LogP contribution in [0.15, 0.2) is 30.0 Å². The van der Waals surface area contributed by atoms with Gasteiger partial charge in [0.1, 0.15) is 0 Å². The number of rotatable bonds is 5. The van der Waals surface area contributed by atoms with Crippen molar-refractivity contribution in [1.29, 1.82) is 0 Å². The van der Waals surface area contributed by atoms with Crippen molar-refractivity contribution in [2.24, 2.45) is 11.8 Å². The van der Waals surface area contributed by atoms with Crippen LogP contribution in [0, 0.1) is 11.8 Å². The first kappa shape index (κ1) is 17.2. The van der Waals surface area contributed by atoms with Gasteiger partial charge in [-0.1, -0.05) is 0 Å². The van der Waals surface area contributed by atoms with Crippen LogP contribution < -0.4 is 4.90 Å². The highest BCUT2D eigenvalue weighted by Crippen LogP contribution is 2.29. The van der Waals surface area contributed by atoms with Gasteiger partial charge in [-0.2, -0.15) is 5.10 Å². The largest absolute Gasteiger partial charge is 0.342 e. The molecule has 2 fully saturated rings. The molecule has 0 aliphatic carbocycles. The molecule has 0 aromatic carbocycles. The number of nitrogens with zero attached hydrogens (tertiary/aromatic N) is 5. The van der Waals surface area contributed by atoms with E-state index >= 15 is 0 Å². The number of aryl methyl sites for hydroxylation is 1. The van der Waals surface area contributed by atoms with Gasteiger partial charge in [0.25, 0.3) is 0 Å². The molecule has 8 heteroatoms. The van der Waals surface area contributed by atoms with Gasteiger partial charge < -0.3 is 4.90 Å². The number of hydrogen-bond acceptors (Lipinski definition) is 5. The molecular formula is C18H23N5O2S. The third kappa shape index (κ3) is 3.65. The second-order valence-electron chi connectivity index (χ2n) is 7.05. The molecule has 2 aliphatic rings. The molecule has 2 aromatic rings. The molecule has 26 heavy (non-hydrogen) atoms. The minimum atomic E-state index is -0.230. The van der Waals surface area contributed by atoms with Crippen molar-refractivity contribution < 1.29 is 9.59 Å². The van der Waals surface area contributed by atoms with Gasteiger partial charge in [0.2, 0.25) is 11.8 Å². The quantitative estimate of drug-likeness (QED) is 0.804. The smallest absolute Gasteiger partial charge is 0.229 e. The van der Waals surface area contributed by atoms with E-state index in [1.807, 2.05) is 27.2 Å². The van der Waals surface area contributed by atoms with Crippen LogP contribution in [0.3, 0.4) is 0 Å². The molecule has 0 bridgehead atoms. The number of carbonyl (C=O) groups is 2. The maximum Gasteiger partial charge on any atom is 0.229 e. The summed E-state index contributed by atoms with van der Waals surface area (Å²) < 4.78 is 1.97. The molecule has 138 valence electrons. The van der Waals surface area contributed by atoms with Crippen LogP contribution in [-0.2, 0) is 16.1 Å². The van der Waals surface area contributed by atoms with E-state index < -0.39 is 0 Å². The summed E-state index contributed by atoms with van der Waals surface area (Å²) in [6.07, 6.45) is 8.95. The Bertz CT molecular complexity index is 738. The zero-order valence-corrected chi connectivity index (χ0v) is 15.5. The molecule has 0 saturated carbocycles. The molecule has 2 amide bonds. The van der Waals surface area contributed by atoms with Gasteiger partial charge in [0.05, 0.1) is 5.92 Å². The van der Waals surface area contributed by atoms with Crippen LogP contribution in [0.5, 0.6) is 0 Å². The lowest BCUT2D eigenvalue weighted by molar-refractivity contribution is -0.137. The van der Waals surface area contributed by atoms with Gasteiger partial charge in [0.15, 0.2) is 5.13 Å². The van der Waals surface area contributed by atoms with E-state index in [4.69, 9.17) is 0 Å². The van der Waals surface area contributed by atoms with Crippen molar-refractivity contribution in [3.8, 4) is 0 Å². The fourth-order valence-corrected chi connectivity index (χ4v) is 4.52. The lowest BCUT2D eigenvalue weighted by atomic mass is 9.92. The van der Waals surface area contributed by atoms with Gasteiger partial charge >= 0.3 is 0 Å². The van der Waals surface area contributed by atoms with Crippen LogP contribution in [0.4, 0.5) is 5.13 Å². The highest BCUT2D eigenvalue weighted by atomic mass is 32.1. The standard InChI is InChI=1S/C18H23N5O2S/c24-16-12-15(13-23(16)18-19-6-11-26-18)17(25)21-8-2-14(3-9-21)4-10-22-7-1-5-20-22/h1,5-7,11,14-15H,2-4,8-10,12-13H2. The van der Waals surface area contributed by atoms with E-state index in [0.29, 0.717) is 24.0 Å². The summed E-state index contributed by atoms with van der Waals surface area (Å²) in [7, 11) is 0. The third-order valence-corrected chi connectivity index (χ3v) is 6.17. The summed E-state index contributed by atoms with van der Waals surface area (Å²) in [5.74, 6) is 0.544. The molecule has 1 unspecified atom stereocenters. The Labute approximate surface area is 156 Å². The first-order valence-electron chi connectivity index (χ1n) is 9.17. The lowest BCUT2D eigenvalue weighted by Gasteiger charge is -2.33. The molecule has 4 rings (SSSR count). The number of anilines is 1. The molecule has 4 heterocycles. The van der Waals surface area contributed by atoms with Crippen LogP contribution in [0.2, 0.25) is 0 Å². The van der Waals surface area contributed by atoms with Gasteiger partial charge in [-0.15, -0.1) is 11.3 Å². The molecule has 0 N–H and O–H groups in total. The Balaban J connectivity index is 1.26. The highest BCUT2D eigenvalue weighted by Gasteiger charge is 2.38. The van der Waals surface area contributed by atoms with Gasteiger partial charge in [-0.25, -0.2) is 4.98 Å². The second kappa shape index (κ2) is 7.57. The zero-order valence-electron chi connectivity index (χ0n) is 14.7. The van der Waals surface area contributed by atoms with Crippen molar-refractivity contribution in [2.75, 3.05) is 24.5 Å². The summed E-state index contributed by atoms with van der Waals surface area (Å²) in [5.41, 5.74) is 0. The number of thiazole rings is 1. The van der Waals surface area contributed by atoms with E-state index in [1.165, 1.54) is 11.3 Å². The lowest BCUT2D eigenvalue weighted by Crippen LogP contribution is -2.42. The summed E-state index contributed by atoms with van der Waals surface area (Å²) >= 11 is 1.44. The summed E-state index contributed by atoms with van der Waals surface area (Å²) in [5, 5.41) is 6.79. The monoisotopic (exact) mass is 373 g/mol. The number of amides is 2. The molecule has 2 aromatic heterocycles. The molecular weight excluding hydrogens is 350 g/mol. The Morgan fingerprint density at radius 3 is 2.81 bits per heavy atom. The number of aromatic nitrogens is 3. The second-order valence-corrected chi connectivity index (χ2v) is 7.92. The number of piperidine rings is 1. The van der Waals surface area contributed by atoms with E-state index in [1.54, 1.807) is 17.3 Å². The van der Waals surface area contributed by atoms with Crippen LogP contribution in [-0.4, -0.2) is 51.1 Å². The van der Waals surface area contributed by atoms with Crippen molar-refractivity contribution in [3.63, 3.8) is 0 Å². The fourth-order valence-electron chi connectivity index (χ4n) is 3.85. The topological polar surface area (TPSA) is 71.3 Å². The van der Waals surface area contributed by atoms with Gasteiger partial charge in [-0.05, 0) is 31.2 Å². The first-order chi connectivity index (χ1) is 12.7. The van der Waals surface area contributed by atoms with Crippen molar-refractivity contribution in [1.82, 2.24) is 19.7 Å². The summed E-state index contributed by atoms with van der Waals surface area (Å²) in [6.45, 7) is 2.99. The van der Waals surface area contributed by atoms with Crippen molar-refractivity contribution in [3.05, 3.63) is 30.0 Å². The molecule has 0 spiro atoms. The summed E-state index contributed by atoms with van der Waals surface area (Å²) in [4.78, 5) is 32.9. The molecule has 7 nitrogen and oxygen atoms in total. The molecule has 2 saturated heterocycles. The molecule has 0 radical (unpaired) electrons. The minimum absolute atomic E-state index is 0.00686. The Morgan fingerprint density at radius 2 is 2.12 bits per heavy atom.